The van der Waals surface area contributed by atoms with Crippen LogP contribution in [0.25, 0.3) is 0 Å². The van der Waals surface area contributed by atoms with Crippen molar-refractivity contribution in [2.75, 3.05) is 6.54 Å². The van der Waals surface area contributed by atoms with E-state index < -0.39 is 5.60 Å². The molecule has 23 heavy (non-hydrogen) atoms. The number of benzene rings is 1. The Morgan fingerprint density at radius 2 is 1.87 bits per heavy atom. The maximum absolute atomic E-state index is 13.2. The second-order valence-corrected chi connectivity index (χ2v) is 7.10. The molecule has 1 aliphatic carbocycles. The van der Waals surface area contributed by atoms with Gasteiger partial charge in [0.2, 0.25) is 5.91 Å². The van der Waals surface area contributed by atoms with Crippen LogP contribution >= 0.6 is 0 Å². The smallest absolute Gasteiger partial charge is 0.307 e. The molecule has 122 valence electrons. The first-order valence-corrected chi connectivity index (χ1v) is 8.77. The van der Waals surface area contributed by atoms with Gasteiger partial charge in [0.1, 0.15) is 5.60 Å². The van der Waals surface area contributed by atoms with Crippen LogP contribution < -0.4 is 0 Å². The van der Waals surface area contributed by atoms with Crippen molar-refractivity contribution < 1.29 is 14.3 Å². The monoisotopic (exact) mass is 313 g/mol. The number of hydrogen-bond donors (Lipinski definition) is 0. The number of amides is 1. The quantitative estimate of drug-likeness (QED) is 0.788. The summed E-state index contributed by atoms with van der Waals surface area (Å²) in [6.07, 6.45) is 6.09. The molecule has 0 aromatic heterocycles. The summed E-state index contributed by atoms with van der Waals surface area (Å²) in [4.78, 5) is 27.1. The molecule has 0 radical (unpaired) electrons. The molecular weight excluding hydrogens is 290 g/mol. The predicted molar refractivity (Wildman–Crippen MR) is 85.5 cm³/mol. The number of ether oxygens (including phenoxy) is 1. The summed E-state index contributed by atoms with van der Waals surface area (Å²) in [5.74, 6) is -0.341. The first-order valence-electron chi connectivity index (χ1n) is 8.77. The lowest BCUT2D eigenvalue weighted by molar-refractivity contribution is -0.152. The Balaban J connectivity index is 1.59. The van der Waals surface area contributed by atoms with Gasteiger partial charge >= 0.3 is 5.97 Å². The second kappa shape index (κ2) is 5.66. The molecule has 4 heteroatoms. The lowest BCUT2D eigenvalue weighted by atomic mass is 9.84. The first-order chi connectivity index (χ1) is 11.2. The minimum atomic E-state index is -0.502. The second-order valence-electron chi connectivity index (χ2n) is 7.10. The number of likely N-dealkylation sites (tertiary alicyclic amines) is 1. The summed E-state index contributed by atoms with van der Waals surface area (Å²) < 4.78 is 5.66. The normalized spacial score (nSPS) is 29.2. The summed E-state index contributed by atoms with van der Waals surface area (Å²) in [6.45, 7) is 0.791. The molecule has 0 unspecified atom stereocenters. The molecule has 1 aromatic rings. The third-order valence-electron chi connectivity index (χ3n) is 5.79. The van der Waals surface area contributed by atoms with Gasteiger partial charge in [-0.05, 0) is 44.1 Å². The number of nitrogens with zero attached hydrogens (tertiary/aromatic N) is 1. The van der Waals surface area contributed by atoms with Crippen molar-refractivity contribution in [2.24, 2.45) is 5.92 Å². The van der Waals surface area contributed by atoms with Gasteiger partial charge in [0.15, 0.2) is 0 Å². The third-order valence-corrected chi connectivity index (χ3v) is 5.79. The average molecular weight is 313 g/mol. The van der Waals surface area contributed by atoms with Crippen LogP contribution in [0.5, 0.6) is 0 Å². The van der Waals surface area contributed by atoms with Crippen molar-refractivity contribution in [3.63, 3.8) is 0 Å². The lowest BCUT2D eigenvalue weighted by Crippen LogP contribution is -2.44. The van der Waals surface area contributed by atoms with E-state index in [1.54, 1.807) is 0 Å². The fourth-order valence-electron chi connectivity index (χ4n) is 4.68. The molecular formula is C19H23NO3. The van der Waals surface area contributed by atoms with Gasteiger partial charge in [-0.25, -0.2) is 0 Å². The average Bonchev–Trinajstić information content (AvgIpc) is 3.29. The fourth-order valence-corrected chi connectivity index (χ4v) is 4.68. The molecule has 1 aromatic carbocycles. The Bertz CT molecular complexity index is 606. The van der Waals surface area contributed by atoms with Crippen LogP contribution in [-0.2, 0) is 14.3 Å². The van der Waals surface area contributed by atoms with Crippen LogP contribution in [0.2, 0.25) is 0 Å². The van der Waals surface area contributed by atoms with E-state index in [0.29, 0.717) is 0 Å². The number of carbonyl (C=O) groups is 2. The molecule has 3 fully saturated rings. The number of carbonyl (C=O) groups excluding carboxylic acids is 2. The van der Waals surface area contributed by atoms with Gasteiger partial charge in [-0.1, -0.05) is 30.3 Å². The first kappa shape index (κ1) is 14.7. The summed E-state index contributed by atoms with van der Waals surface area (Å²) in [5.41, 5.74) is 0.696. The Labute approximate surface area is 136 Å². The van der Waals surface area contributed by atoms with Gasteiger partial charge in [0.05, 0.1) is 18.4 Å². The van der Waals surface area contributed by atoms with E-state index in [-0.39, 0.29) is 30.3 Å². The fraction of sp³-hybridized carbons (Fsp3) is 0.579. The van der Waals surface area contributed by atoms with Crippen molar-refractivity contribution in [3.8, 4) is 0 Å². The van der Waals surface area contributed by atoms with Crippen LogP contribution in [-0.4, -0.2) is 28.9 Å². The Kier molecular flexibility index (Phi) is 3.63. The van der Waals surface area contributed by atoms with Crippen molar-refractivity contribution >= 4 is 11.9 Å². The van der Waals surface area contributed by atoms with Gasteiger partial charge in [-0.2, -0.15) is 0 Å². The third kappa shape index (κ3) is 2.44. The summed E-state index contributed by atoms with van der Waals surface area (Å²) in [6, 6.07) is 10.4. The lowest BCUT2D eigenvalue weighted by Gasteiger charge is -2.33. The molecule has 1 saturated carbocycles. The number of hydrogen-bond acceptors (Lipinski definition) is 3. The van der Waals surface area contributed by atoms with E-state index in [0.717, 1.165) is 45.1 Å². The minimum absolute atomic E-state index is 0.129. The zero-order valence-electron chi connectivity index (χ0n) is 13.4. The van der Waals surface area contributed by atoms with Gasteiger partial charge < -0.3 is 9.64 Å². The number of esters is 1. The predicted octanol–water partition coefficient (Wildman–Crippen LogP) is 3.23. The van der Waals surface area contributed by atoms with Crippen molar-refractivity contribution in [1.82, 2.24) is 4.90 Å². The molecule has 2 heterocycles. The standard InChI is InChI=1S/C19H23NO3/c21-17-13-15(19(23-17)10-4-5-11-19)18(22)20-12-6-9-16(20)14-7-2-1-3-8-14/h1-3,7-8,15-16H,4-6,9-13H2/t15-,16-/m0/s1. The Morgan fingerprint density at radius 1 is 1.13 bits per heavy atom. The summed E-state index contributed by atoms with van der Waals surface area (Å²) >= 11 is 0. The molecule has 4 rings (SSSR count). The van der Waals surface area contributed by atoms with E-state index in [4.69, 9.17) is 4.74 Å². The Morgan fingerprint density at radius 3 is 2.61 bits per heavy atom. The van der Waals surface area contributed by atoms with Crippen molar-refractivity contribution in [1.29, 1.82) is 0 Å². The van der Waals surface area contributed by atoms with Crippen LogP contribution in [0.15, 0.2) is 30.3 Å². The van der Waals surface area contributed by atoms with Gasteiger partial charge in [0, 0.05) is 6.54 Å². The summed E-state index contributed by atoms with van der Waals surface area (Å²) in [5, 5.41) is 0. The highest BCUT2D eigenvalue weighted by Crippen LogP contribution is 2.47. The van der Waals surface area contributed by atoms with Crippen LogP contribution in [0.4, 0.5) is 0 Å². The number of rotatable bonds is 2. The highest BCUT2D eigenvalue weighted by molar-refractivity contribution is 5.88. The van der Waals surface area contributed by atoms with Crippen LogP contribution in [0, 0.1) is 5.92 Å². The van der Waals surface area contributed by atoms with Crippen LogP contribution in [0.3, 0.4) is 0 Å². The maximum Gasteiger partial charge on any atom is 0.307 e. The topological polar surface area (TPSA) is 46.6 Å². The van der Waals surface area contributed by atoms with E-state index >= 15 is 0 Å². The molecule has 4 nitrogen and oxygen atoms in total. The molecule has 2 aliphatic heterocycles. The zero-order valence-corrected chi connectivity index (χ0v) is 13.4. The van der Waals surface area contributed by atoms with Crippen LogP contribution in [0.1, 0.15) is 56.6 Å². The summed E-state index contributed by atoms with van der Waals surface area (Å²) in [7, 11) is 0. The van der Waals surface area contributed by atoms with E-state index in [1.165, 1.54) is 5.56 Å². The van der Waals surface area contributed by atoms with Crippen molar-refractivity contribution in [3.05, 3.63) is 35.9 Å². The zero-order chi connectivity index (χ0) is 15.9. The molecule has 1 amide bonds. The highest BCUT2D eigenvalue weighted by Gasteiger charge is 2.55. The van der Waals surface area contributed by atoms with Gasteiger partial charge in [0.25, 0.3) is 0 Å². The molecule has 3 aliphatic rings. The maximum atomic E-state index is 13.2. The van der Waals surface area contributed by atoms with E-state index in [9.17, 15) is 9.59 Å². The molecule has 2 saturated heterocycles. The van der Waals surface area contributed by atoms with Gasteiger partial charge in [-0.3, -0.25) is 9.59 Å². The highest BCUT2D eigenvalue weighted by atomic mass is 16.6. The minimum Gasteiger partial charge on any atom is -0.458 e. The molecule has 0 N–H and O–H groups in total. The van der Waals surface area contributed by atoms with Crippen molar-refractivity contribution in [2.45, 2.75) is 56.6 Å². The largest absolute Gasteiger partial charge is 0.458 e. The van der Waals surface area contributed by atoms with E-state index in [2.05, 4.69) is 12.1 Å². The Hall–Kier alpha value is -1.84. The SMILES string of the molecule is O=C1C[C@@H](C(=O)N2CCC[C@H]2c2ccccc2)C2(CCCC2)O1. The molecule has 1 spiro atoms. The van der Waals surface area contributed by atoms with Gasteiger partial charge in [-0.15, -0.1) is 0 Å². The van der Waals surface area contributed by atoms with E-state index in [1.807, 2.05) is 23.1 Å². The molecule has 0 bridgehead atoms. The molecule has 2 atom stereocenters.